The first kappa shape index (κ1) is 18.2. The Morgan fingerprint density at radius 1 is 1.07 bits per heavy atom. The third-order valence-electron chi connectivity index (χ3n) is 4.36. The number of nitrogens with zero attached hydrogens (tertiary/aromatic N) is 1. The molecule has 0 aliphatic carbocycles. The van der Waals surface area contributed by atoms with E-state index >= 15 is 0 Å². The van der Waals surface area contributed by atoms with Crippen molar-refractivity contribution >= 4 is 35.6 Å². The minimum absolute atomic E-state index is 0.0458. The number of carbonyl (C=O) groups is 4. The van der Waals surface area contributed by atoms with E-state index in [-0.39, 0.29) is 18.1 Å². The van der Waals surface area contributed by atoms with Crippen LogP contribution in [0, 0.1) is 0 Å². The van der Waals surface area contributed by atoms with Crippen LogP contribution in [-0.4, -0.2) is 37.7 Å². The summed E-state index contributed by atoms with van der Waals surface area (Å²) in [6.07, 6.45) is 1.34. The fourth-order valence-electron chi connectivity index (χ4n) is 2.92. The monoisotopic (exact) mass is 394 g/mol. The minimum atomic E-state index is -0.864. The number of esters is 1. The number of carbonyl (C=O) groups excluding carboxylic acids is 4. The molecule has 0 atom stereocenters. The lowest BCUT2D eigenvalue weighted by Crippen LogP contribution is -2.54. The number of hydrogen-bond donors (Lipinski definition) is 1. The van der Waals surface area contributed by atoms with Gasteiger partial charge >= 0.3 is 12.0 Å². The first-order valence-electron chi connectivity index (χ1n) is 8.47. The number of anilines is 1. The van der Waals surface area contributed by atoms with Crippen molar-refractivity contribution in [3.63, 3.8) is 0 Å². The molecule has 9 heteroatoms. The number of benzene rings is 2. The fraction of sp³-hybridized carbons (Fsp3) is 0.100. The maximum atomic E-state index is 12.9. The number of urea groups is 1. The number of fused-ring (bicyclic) bond motifs is 1. The van der Waals surface area contributed by atoms with Gasteiger partial charge in [-0.1, -0.05) is 12.1 Å². The number of rotatable bonds is 3. The molecule has 0 radical (unpaired) electrons. The lowest BCUT2D eigenvalue weighted by molar-refractivity contribution is -0.122. The van der Waals surface area contributed by atoms with E-state index in [9.17, 15) is 19.2 Å². The number of ether oxygens (including phenoxy) is 3. The highest BCUT2D eigenvalue weighted by molar-refractivity contribution is 6.39. The first-order chi connectivity index (χ1) is 14.0. The Kier molecular flexibility index (Phi) is 4.47. The molecule has 146 valence electrons. The van der Waals surface area contributed by atoms with Crippen molar-refractivity contribution in [3.8, 4) is 11.5 Å². The minimum Gasteiger partial charge on any atom is -0.465 e. The van der Waals surface area contributed by atoms with E-state index in [2.05, 4.69) is 10.1 Å². The molecule has 0 spiro atoms. The van der Waals surface area contributed by atoms with E-state index < -0.39 is 23.8 Å². The zero-order valence-corrected chi connectivity index (χ0v) is 15.1. The molecular weight excluding hydrogens is 380 g/mol. The molecule has 2 aliphatic heterocycles. The zero-order valence-electron chi connectivity index (χ0n) is 15.1. The third-order valence-corrected chi connectivity index (χ3v) is 4.36. The Morgan fingerprint density at radius 2 is 1.79 bits per heavy atom. The second-order valence-electron chi connectivity index (χ2n) is 6.11. The topological polar surface area (TPSA) is 111 Å². The van der Waals surface area contributed by atoms with Gasteiger partial charge in [-0.3, -0.25) is 14.9 Å². The third kappa shape index (κ3) is 3.29. The van der Waals surface area contributed by atoms with Crippen molar-refractivity contribution < 1.29 is 33.4 Å². The summed E-state index contributed by atoms with van der Waals surface area (Å²) in [5.41, 5.74) is 0.826. The summed E-state index contributed by atoms with van der Waals surface area (Å²) in [7, 11) is 1.27. The molecule has 2 aromatic carbocycles. The van der Waals surface area contributed by atoms with E-state index in [4.69, 9.17) is 9.47 Å². The Balaban J connectivity index is 1.66. The van der Waals surface area contributed by atoms with Gasteiger partial charge in [-0.15, -0.1) is 0 Å². The van der Waals surface area contributed by atoms with Crippen molar-refractivity contribution in [2.75, 3.05) is 18.8 Å². The van der Waals surface area contributed by atoms with Crippen molar-refractivity contribution in [1.82, 2.24) is 5.32 Å². The molecule has 0 bridgehead atoms. The van der Waals surface area contributed by atoms with Crippen LogP contribution >= 0.6 is 0 Å². The van der Waals surface area contributed by atoms with Crippen LogP contribution in [0.4, 0.5) is 10.5 Å². The summed E-state index contributed by atoms with van der Waals surface area (Å²) in [6, 6.07) is 9.83. The van der Waals surface area contributed by atoms with Crippen LogP contribution < -0.4 is 19.7 Å². The Bertz CT molecular complexity index is 1070. The normalized spacial score (nSPS) is 16.8. The molecule has 1 N–H and O–H groups in total. The average molecular weight is 394 g/mol. The second kappa shape index (κ2) is 7.12. The van der Waals surface area contributed by atoms with Gasteiger partial charge in [0.2, 0.25) is 6.79 Å². The molecule has 9 nitrogen and oxygen atoms in total. The van der Waals surface area contributed by atoms with Crippen LogP contribution in [0.25, 0.3) is 6.08 Å². The van der Waals surface area contributed by atoms with Gasteiger partial charge in [-0.2, -0.15) is 0 Å². The van der Waals surface area contributed by atoms with E-state index in [0.29, 0.717) is 22.6 Å². The quantitative estimate of drug-likeness (QED) is 0.481. The van der Waals surface area contributed by atoms with Crippen LogP contribution in [0.5, 0.6) is 11.5 Å². The van der Waals surface area contributed by atoms with Gasteiger partial charge in [-0.25, -0.2) is 14.5 Å². The standard InChI is InChI=1S/C20H14N2O7/c1-27-19(25)12-4-2-11(3-5-12)8-14-17(23)21-20(26)22(18(14)24)13-6-7-15-16(9-13)29-10-28-15/h2-9H,10H2,1H3,(H,21,23,26)/b14-8+. The van der Waals surface area contributed by atoms with Gasteiger partial charge in [0.15, 0.2) is 11.5 Å². The van der Waals surface area contributed by atoms with Crippen LogP contribution in [-0.2, 0) is 14.3 Å². The predicted molar refractivity (Wildman–Crippen MR) is 99.3 cm³/mol. The Morgan fingerprint density at radius 3 is 2.52 bits per heavy atom. The smallest absolute Gasteiger partial charge is 0.337 e. The Labute approximate surface area is 164 Å². The second-order valence-corrected chi connectivity index (χ2v) is 6.11. The fourth-order valence-corrected chi connectivity index (χ4v) is 2.92. The molecule has 0 unspecified atom stereocenters. The highest BCUT2D eigenvalue weighted by atomic mass is 16.7. The van der Waals surface area contributed by atoms with Crippen LogP contribution in [0.2, 0.25) is 0 Å². The Hall–Kier alpha value is -4.14. The molecule has 2 heterocycles. The SMILES string of the molecule is COC(=O)c1ccc(/C=C2\C(=O)NC(=O)N(c3ccc4c(c3)OCO4)C2=O)cc1. The van der Waals surface area contributed by atoms with Crippen LogP contribution in [0.1, 0.15) is 15.9 Å². The number of amides is 4. The van der Waals surface area contributed by atoms with Crippen molar-refractivity contribution in [1.29, 1.82) is 0 Å². The molecule has 1 fully saturated rings. The summed E-state index contributed by atoms with van der Waals surface area (Å²) < 4.78 is 15.1. The van der Waals surface area contributed by atoms with Gasteiger partial charge in [0, 0.05) is 6.07 Å². The maximum Gasteiger partial charge on any atom is 0.337 e. The highest BCUT2D eigenvalue weighted by Gasteiger charge is 2.37. The zero-order chi connectivity index (χ0) is 20.5. The van der Waals surface area contributed by atoms with E-state index in [1.807, 2.05) is 0 Å². The molecule has 0 aromatic heterocycles. The number of hydrogen-bond acceptors (Lipinski definition) is 7. The van der Waals surface area contributed by atoms with E-state index in [1.54, 1.807) is 18.2 Å². The number of imide groups is 2. The molecule has 0 saturated carbocycles. The highest BCUT2D eigenvalue weighted by Crippen LogP contribution is 2.36. The predicted octanol–water partition coefficient (Wildman–Crippen LogP) is 1.87. The van der Waals surface area contributed by atoms with Gasteiger partial charge in [0.1, 0.15) is 5.57 Å². The molecule has 1 saturated heterocycles. The summed E-state index contributed by atoms with van der Waals surface area (Å²) in [5, 5.41) is 2.15. The summed E-state index contributed by atoms with van der Waals surface area (Å²) in [5.74, 6) is -1.21. The van der Waals surface area contributed by atoms with Crippen LogP contribution in [0.3, 0.4) is 0 Å². The number of nitrogens with one attached hydrogen (secondary N) is 1. The summed E-state index contributed by atoms with van der Waals surface area (Å²) in [6.45, 7) is 0.0458. The van der Waals surface area contributed by atoms with Gasteiger partial charge < -0.3 is 14.2 Å². The van der Waals surface area contributed by atoms with Crippen molar-refractivity contribution in [2.45, 2.75) is 0 Å². The van der Waals surface area contributed by atoms with Crippen molar-refractivity contribution in [3.05, 3.63) is 59.2 Å². The summed E-state index contributed by atoms with van der Waals surface area (Å²) in [4.78, 5) is 49.8. The molecule has 4 amide bonds. The van der Waals surface area contributed by atoms with E-state index in [0.717, 1.165) is 4.90 Å². The lowest BCUT2D eigenvalue weighted by Gasteiger charge is -2.26. The number of methoxy groups -OCH3 is 1. The van der Waals surface area contributed by atoms with Crippen LogP contribution in [0.15, 0.2) is 48.0 Å². The molecular formula is C20H14N2O7. The molecule has 2 aliphatic rings. The van der Waals surface area contributed by atoms with Crippen molar-refractivity contribution in [2.24, 2.45) is 0 Å². The number of barbiturate groups is 1. The first-order valence-corrected chi connectivity index (χ1v) is 8.47. The largest absolute Gasteiger partial charge is 0.465 e. The van der Waals surface area contributed by atoms with Gasteiger partial charge in [-0.05, 0) is 35.9 Å². The average Bonchev–Trinajstić information content (AvgIpc) is 3.19. The molecule has 4 rings (SSSR count). The van der Waals surface area contributed by atoms with E-state index in [1.165, 1.54) is 37.5 Å². The van der Waals surface area contributed by atoms with Gasteiger partial charge in [0.25, 0.3) is 11.8 Å². The molecule has 29 heavy (non-hydrogen) atoms. The van der Waals surface area contributed by atoms with Gasteiger partial charge in [0.05, 0.1) is 18.4 Å². The molecule has 2 aromatic rings. The lowest BCUT2D eigenvalue weighted by atomic mass is 10.1. The summed E-state index contributed by atoms with van der Waals surface area (Å²) >= 11 is 0. The maximum absolute atomic E-state index is 12.9.